The summed E-state index contributed by atoms with van der Waals surface area (Å²) in [7, 11) is 0. The Morgan fingerprint density at radius 2 is 1.91 bits per heavy atom. The molecular formula is C24H21FN4O4. The highest BCUT2D eigenvalue weighted by Crippen LogP contribution is 2.37. The largest absolute Gasteiger partial charge is 0.507 e. The number of carboxylic acids is 1. The molecule has 0 saturated carbocycles. The third-order valence-corrected chi connectivity index (χ3v) is 5.63. The summed E-state index contributed by atoms with van der Waals surface area (Å²) in [4.78, 5) is 25.6. The number of aromatic nitrogens is 2. The van der Waals surface area contributed by atoms with Crippen molar-refractivity contribution < 1.29 is 19.4 Å². The number of benzene rings is 2. The molecular weight excluding hydrogens is 427 g/mol. The highest BCUT2D eigenvalue weighted by atomic mass is 19.1. The lowest BCUT2D eigenvalue weighted by Crippen LogP contribution is -2.31. The van der Waals surface area contributed by atoms with Crippen LogP contribution in [-0.2, 0) is 4.79 Å². The number of carbonyl (C=O) groups is 1. The third kappa shape index (κ3) is 3.63. The van der Waals surface area contributed by atoms with Crippen LogP contribution >= 0.6 is 0 Å². The van der Waals surface area contributed by atoms with E-state index in [4.69, 9.17) is 5.84 Å². The Kier molecular flexibility index (Phi) is 5.47. The van der Waals surface area contributed by atoms with Crippen molar-refractivity contribution >= 4 is 22.8 Å². The number of nitrogens with two attached hydrogens (primary N) is 1. The van der Waals surface area contributed by atoms with Crippen molar-refractivity contribution in [1.29, 1.82) is 0 Å². The Bertz CT molecular complexity index is 1430. The smallest absolute Gasteiger partial charge is 0.317 e. The van der Waals surface area contributed by atoms with Crippen LogP contribution in [0, 0.1) is 25.6 Å². The van der Waals surface area contributed by atoms with Gasteiger partial charge in [-0.3, -0.25) is 14.7 Å². The normalized spacial score (nSPS) is 17.1. The predicted octanol–water partition coefficient (Wildman–Crippen LogP) is 3.12. The van der Waals surface area contributed by atoms with E-state index in [1.807, 2.05) is 0 Å². The van der Waals surface area contributed by atoms with E-state index < -0.39 is 23.3 Å². The molecule has 1 unspecified atom stereocenters. The number of aliphatic carboxylic acids is 1. The maximum Gasteiger partial charge on any atom is 0.317 e. The first-order valence-corrected chi connectivity index (χ1v) is 10.0. The molecule has 4 rings (SSSR count). The van der Waals surface area contributed by atoms with Crippen molar-refractivity contribution in [3.05, 3.63) is 93.2 Å². The lowest BCUT2D eigenvalue weighted by Gasteiger charge is -2.23. The van der Waals surface area contributed by atoms with Gasteiger partial charge in [0.15, 0.2) is 0 Å². The number of hydrogen-bond acceptors (Lipinski definition) is 5. The van der Waals surface area contributed by atoms with Gasteiger partial charge in [0.1, 0.15) is 17.5 Å². The molecule has 0 fully saturated rings. The molecule has 9 heteroatoms. The molecule has 8 nitrogen and oxygen atoms in total. The number of hydrazone groups is 1. The van der Waals surface area contributed by atoms with E-state index in [1.54, 1.807) is 38.1 Å². The van der Waals surface area contributed by atoms with E-state index in [9.17, 15) is 24.2 Å². The van der Waals surface area contributed by atoms with Crippen molar-refractivity contribution in [3.63, 3.8) is 0 Å². The first kappa shape index (κ1) is 21.8. The SMILES string of the molecule is Cc1cc(-n2[nH]c(C)c(C3=CC=C(c4ccccc4O)C(=NN)C3C(=O)O)c2=O)ccc1F. The van der Waals surface area contributed by atoms with Gasteiger partial charge in [-0.15, -0.1) is 0 Å². The van der Waals surface area contributed by atoms with Gasteiger partial charge in [-0.2, -0.15) is 5.10 Å². The summed E-state index contributed by atoms with van der Waals surface area (Å²) >= 11 is 0. The van der Waals surface area contributed by atoms with Crippen LogP contribution in [0.2, 0.25) is 0 Å². The molecule has 33 heavy (non-hydrogen) atoms. The molecule has 1 aliphatic carbocycles. The van der Waals surface area contributed by atoms with Gasteiger partial charge in [-0.05, 0) is 49.2 Å². The average Bonchev–Trinajstić information content (AvgIpc) is 3.08. The monoisotopic (exact) mass is 448 g/mol. The fraction of sp³-hybridized carbons (Fsp3) is 0.125. The second kappa shape index (κ2) is 8.27. The second-order valence-corrected chi connectivity index (χ2v) is 7.69. The van der Waals surface area contributed by atoms with E-state index in [0.717, 1.165) is 0 Å². The number of halogens is 1. The number of aromatic amines is 1. The van der Waals surface area contributed by atoms with E-state index in [2.05, 4.69) is 10.2 Å². The molecule has 2 aromatic carbocycles. The number of rotatable bonds is 4. The summed E-state index contributed by atoms with van der Waals surface area (Å²) in [5.41, 5.74) is 1.77. The molecule has 0 amide bonds. The van der Waals surface area contributed by atoms with Gasteiger partial charge >= 0.3 is 5.97 Å². The van der Waals surface area contributed by atoms with Crippen molar-refractivity contribution in [2.45, 2.75) is 13.8 Å². The molecule has 3 aromatic rings. The Morgan fingerprint density at radius 3 is 2.55 bits per heavy atom. The summed E-state index contributed by atoms with van der Waals surface area (Å²) in [6.07, 6.45) is 3.10. The van der Waals surface area contributed by atoms with Gasteiger partial charge < -0.3 is 16.1 Å². The van der Waals surface area contributed by atoms with E-state index >= 15 is 0 Å². The van der Waals surface area contributed by atoms with Crippen LogP contribution in [0.1, 0.15) is 22.4 Å². The minimum absolute atomic E-state index is 0.00526. The molecule has 1 heterocycles. The Hall–Kier alpha value is -4.40. The molecule has 5 N–H and O–H groups in total. The minimum Gasteiger partial charge on any atom is -0.507 e. The van der Waals surface area contributed by atoms with Gasteiger partial charge in [-0.1, -0.05) is 30.4 Å². The standard InChI is InChI=1S/C24H21FN4O4/c1-12-11-14(7-10-18(12)25)29-23(31)20(13(2)28-29)17-9-8-16(15-5-3-4-6-19(15)30)22(27-26)21(17)24(32)33/h3-11,21,28,30H,26H2,1-2H3,(H,32,33). The van der Waals surface area contributed by atoms with Gasteiger partial charge in [0.2, 0.25) is 0 Å². The Morgan fingerprint density at radius 1 is 1.18 bits per heavy atom. The summed E-state index contributed by atoms with van der Waals surface area (Å²) in [6.45, 7) is 3.23. The van der Waals surface area contributed by atoms with Gasteiger partial charge in [0.25, 0.3) is 5.56 Å². The maximum absolute atomic E-state index is 13.7. The minimum atomic E-state index is -1.35. The number of carboxylic acid groups (broad SMARTS) is 1. The van der Waals surface area contributed by atoms with Crippen LogP contribution in [0.5, 0.6) is 5.75 Å². The molecule has 168 valence electrons. The van der Waals surface area contributed by atoms with Gasteiger partial charge in [0.05, 0.1) is 17.0 Å². The lowest BCUT2D eigenvalue weighted by atomic mass is 9.79. The number of H-pyrrole nitrogens is 1. The number of phenols is 1. The maximum atomic E-state index is 13.7. The first-order valence-electron chi connectivity index (χ1n) is 10.0. The van der Waals surface area contributed by atoms with Crippen molar-refractivity contribution in [2.75, 3.05) is 0 Å². The van der Waals surface area contributed by atoms with Crippen molar-refractivity contribution in [1.82, 2.24) is 9.78 Å². The fourth-order valence-corrected chi connectivity index (χ4v) is 4.04. The van der Waals surface area contributed by atoms with Crippen LogP contribution in [0.15, 0.2) is 64.5 Å². The summed E-state index contributed by atoms with van der Waals surface area (Å²) < 4.78 is 14.9. The van der Waals surface area contributed by atoms with Crippen LogP contribution in [-0.4, -0.2) is 31.7 Å². The number of aromatic hydroxyl groups is 1. The molecule has 1 aliphatic rings. The molecule has 0 aliphatic heterocycles. The van der Waals surface area contributed by atoms with Crippen molar-refractivity contribution in [3.8, 4) is 11.4 Å². The van der Waals surface area contributed by atoms with E-state index in [0.29, 0.717) is 28.1 Å². The first-order chi connectivity index (χ1) is 15.7. The fourth-order valence-electron chi connectivity index (χ4n) is 4.04. The summed E-state index contributed by atoms with van der Waals surface area (Å²) in [5.74, 6) is 2.54. The number of para-hydroxylation sites is 1. The number of phenolic OH excluding ortho intramolecular Hbond substituents is 1. The zero-order valence-electron chi connectivity index (χ0n) is 17.8. The number of aryl methyl sites for hydroxylation is 2. The topological polar surface area (TPSA) is 134 Å². The van der Waals surface area contributed by atoms with Crippen molar-refractivity contribution in [2.24, 2.45) is 16.9 Å². The third-order valence-electron chi connectivity index (χ3n) is 5.63. The van der Waals surface area contributed by atoms with Crippen LogP contribution in [0.3, 0.4) is 0 Å². The van der Waals surface area contributed by atoms with Gasteiger partial charge in [-0.25, -0.2) is 9.07 Å². The Labute approximate surface area is 187 Å². The molecule has 0 bridgehead atoms. The summed E-state index contributed by atoms with van der Waals surface area (Å²) in [6, 6.07) is 10.7. The number of hydrogen-bond donors (Lipinski definition) is 4. The molecule has 0 saturated heterocycles. The molecule has 0 radical (unpaired) electrons. The zero-order chi connectivity index (χ0) is 23.9. The highest BCUT2D eigenvalue weighted by Gasteiger charge is 2.37. The summed E-state index contributed by atoms with van der Waals surface area (Å²) in [5, 5.41) is 27.0. The number of nitrogens with zero attached hydrogens (tertiary/aromatic N) is 2. The quantitative estimate of drug-likeness (QED) is 0.359. The molecule has 1 atom stereocenters. The highest BCUT2D eigenvalue weighted by molar-refractivity contribution is 6.35. The molecule has 0 spiro atoms. The second-order valence-electron chi connectivity index (χ2n) is 7.69. The zero-order valence-corrected chi connectivity index (χ0v) is 17.8. The van der Waals surface area contributed by atoms with Crippen LogP contribution in [0.4, 0.5) is 4.39 Å². The van der Waals surface area contributed by atoms with E-state index in [1.165, 1.54) is 35.0 Å². The predicted molar refractivity (Wildman–Crippen MR) is 123 cm³/mol. The number of allylic oxidation sites excluding steroid dienone is 3. The van der Waals surface area contributed by atoms with Crippen LogP contribution in [0.25, 0.3) is 16.8 Å². The van der Waals surface area contributed by atoms with Crippen LogP contribution < -0.4 is 11.4 Å². The number of nitrogens with one attached hydrogen (secondary N) is 1. The van der Waals surface area contributed by atoms with Gasteiger partial charge in [0, 0.05) is 16.8 Å². The average molecular weight is 448 g/mol. The van der Waals surface area contributed by atoms with E-state index in [-0.39, 0.29) is 22.6 Å². The Balaban J connectivity index is 1.92. The lowest BCUT2D eigenvalue weighted by molar-refractivity contribution is -0.137. The molecule has 1 aromatic heterocycles.